The van der Waals surface area contributed by atoms with E-state index in [0.29, 0.717) is 5.46 Å². The van der Waals surface area contributed by atoms with E-state index < -0.39 is 7.12 Å². The van der Waals surface area contributed by atoms with Gasteiger partial charge in [-0.3, -0.25) is 0 Å². The van der Waals surface area contributed by atoms with Crippen molar-refractivity contribution in [3.63, 3.8) is 0 Å². The first-order valence-electron chi connectivity index (χ1n) is 15.7. The van der Waals surface area contributed by atoms with E-state index in [1.165, 1.54) is 152 Å². The lowest BCUT2D eigenvalue weighted by Gasteiger charge is -2.10. The van der Waals surface area contributed by atoms with E-state index in [4.69, 9.17) is 0 Å². The standard InChI is InChI=1S/C32H59BO2/c1-3-5-7-9-11-13-15-17-19-21-23-25-30-27-31(29-32(28-30)33(34)35)26-24-22-20-18-16-14-12-10-8-6-4-2/h27-29,34-35H,3-26H2,1-2H3. The third kappa shape index (κ3) is 19.0. The van der Waals surface area contributed by atoms with Crippen LogP contribution in [0.1, 0.15) is 166 Å². The lowest BCUT2D eigenvalue weighted by Crippen LogP contribution is -2.30. The van der Waals surface area contributed by atoms with E-state index in [-0.39, 0.29) is 0 Å². The Morgan fingerprint density at radius 3 is 1.00 bits per heavy atom. The molecule has 0 spiro atoms. The first-order chi connectivity index (χ1) is 17.2. The second-order valence-electron chi connectivity index (χ2n) is 11.0. The topological polar surface area (TPSA) is 40.5 Å². The summed E-state index contributed by atoms with van der Waals surface area (Å²) in [5.41, 5.74) is 3.23. The Hall–Kier alpha value is -0.795. The summed E-state index contributed by atoms with van der Waals surface area (Å²) in [7, 11) is -1.36. The minimum absolute atomic E-state index is 0.670. The summed E-state index contributed by atoms with van der Waals surface area (Å²) >= 11 is 0. The van der Waals surface area contributed by atoms with E-state index in [1.54, 1.807) is 0 Å². The molecule has 0 aromatic heterocycles. The molecule has 0 aliphatic rings. The molecular weight excluding hydrogens is 427 g/mol. The average Bonchev–Trinajstić information content (AvgIpc) is 2.85. The third-order valence-electron chi connectivity index (χ3n) is 7.51. The van der Waals surface area contributed by atoms with Gasteiger partial charge < -0.3 is 10.0 Å². The predicted molar refractivity (Wildman–Crippen MR) is 157 cm³/mol. The maximum absolute atomic E-state index is 9.75. The Balaban J connectivity index is 2.17. The highest BCUT2D eigenvalue weighted by Crippen LogP contribution is 2.16. The average molecular weight is 487 g/mol. The predicted octanol–water partition coefficient (Wildman–Crippen LogP) is 9.07. The first-order valence-corrected chi connectivity index (χ1v) is 15.7. The lowest BCUT2D eigenvalue weighted by molar-refractivity contribution is 0.425. The van der Waals surface area contributed by atoms with Gasteiger partial charge in [0.15, 0.2) is 0 Å². The van der Waals surface area contributed by atoms with E-state index in [0.717, 1.165) is 12.8 Å². The van der Waals surface area contributed by atoms with Crippen molar-refractivity contribution in [2.45, 2.75) is 168 Å². The lowest BCUT2D eigenvalue weighted by atomic mass is 9.78. The van der Waals surface area contributed by atoms with Crippen molar-refractivity contribution in [3.8, 4) is 0 Å². The zero-order valence-corrected chi connectivity index (χ0v) is 23.7. The summed E-state index contributed by atoms with van der Waals surface area (Å²) in [4.78, 5) is 0. The van der Waals surface area contributed by atoms with Crippen LogP contribution in [-0.2, 0) is 12.8 Å². The second kappa shape index (κ2) is 23.6. The minimum Gasteiger partial charge on any atom is -0.423 e. The molecule has 0 aliphatic carbocycles. The molecule has 0 heterocycles. The van der Waals surface area contributed by atoms with Crippen molar-refractivity contribution in [3.05, 3.63) is 29.3 Å². The molecule has 1 aromatic rings. The zero-order valence-electron chi connectivity index (χ0n) is 23.7. The van der Waals surface area contributed by atoms with Crippen molar-refractivity contribution in [2.24, 2.45) is 0 Å². The van der Waals surface area contributed by atoms with Crippen LogP contribution in [-0.4, -0.2) is 17.2 Å². The number of aryl methyl sites for hydroxylation is 2. The van der Waals surface area contributed by atoms with Gasteiger partial charge in [-0.05, 0) is 42.3 Å². The van der Waals surface area contributed by atoms with Crippen molar-refractivity contribution < 1.29 is 10.0 Å². The van der Waals surface area contributed by atoms with Gasteiger partial charge in [-0.15, -0.1) is 0 Å². The number of hydrogen-bond acceptors (Lipinski definition) is 2. The van der Waals surface area contributed by atoms with Gasteiger partial charge in [0.25, 0.3) is 0 Å². The monoisotopic (exact) mass is 486 g/mol. The van der Waals surface area contributed by atoms with Gasteiger partial charge in [0.05, 0.1) is 0 Å². The molecule has 2 N–H and O–H groups in total. The Morgan fingerprint density at radius 2 is 0.714 bits per heavy atom. The Labute approximate surface area is 219 Å². The Morgan fingerprint density at radius 1 is 0.429 bits per heavy atom. The molecule has 2 nitrogen and oxygen atoms in total. The van der Waals surface area contributed by atoms with E-state index in [2.05, 4.69) is 19.9 Å². The molecule has 1 aromatic carbocycles. The van der Waals surface area contributed by atoms with Crippen LogP contribution in [0.5, 0.6) is 0 Å². The summed E-state index contributed by atoms with van der Waals surface area (Å²) in [6.45, 7) is 4.56. The van der Waals surface area contributed by atoms with E-state index in [9.17, 15) is 10.0 Å². The van der Waals surface area contributed by atoms with Crippen LogP contribution < -0.4 is 5.46 Å². The SMILES string of the molecule is CCCCCCCCCCCCCc1cc(CCCCCCCCCCCCC)cc(B(O)O)c1. The van der Waals surface area contributed by atoms with Crippen LogP contribution in [0.15, 0.2) is 18.2 Å². The number of unbranched alkanes of at least 4 members (excludes halogenated alkanes) is 20. The van der Waals surface area contributed by atoms with Gasteiger partial charge >= 0.3 is 7.12 Å². The van der Waals surface area contributed by atoms with Crippen LogP contribution >= 0.6 is 0 Å². The van der Waals surface area contributed by atoms with Gasteiger partial charge in [-0.25, -0.2) is 0 Å². The molecule has 0 unspecified atom stereocenters. The molecule has 0 amide bonds. The maximum atomic E-state index is 9.75. The molecule has 1 rings (SSSR count). The van der Waals surface area contributed by atoms with Crippen LogP contribution in [0.2, 0.25) is 0 Å². The molecule has 0 aliphatic heterocycles. The fourth-order valence-corrected chi connectivity index (χ4v) is 5.22. The fraction of sp³-hybridized carbons (Fsp3) is 0.812. The van der Waals surface area contributed by atoms with Crippen molar-refractivity contribution >= 4 is 12.6 Å². The maximum Gasteiger partial charge on any atom is 0.488 e. The molecule has 3 heteroatoms. The van der Waals surface area contributed by atoms with Gasteiger partial charge in [-0.2, -0.15) is 0 Å². The number of benzene rings is 1. The summed E-state index contributed by atoms with van der Waals surface area (Å²) in [6, 6.07) is 6.33. The Kier molecular flexibility index (Phi) is 21.7. The molecule has 35 heavy (non-hydrogen) atoms. The van der Waals surface area contributed by atoms with E-state index >= 15 is 0 Å². The first kappa shape index (κ1) is 32.2. The van der Waals surface area contributed by atoms with Gasteiger partial charge in [0.1, 0.15) is 0 Å². The Bertz CT molecular complexity index is 543. The zero-order chi connectivity index (χ0) is 25.4. The summed E-state index contributed by atoms with van der Waals surface area (Å²) < 4.78 is 0. The van der Waals surface area contributed by atoms with Gasteiger partial charge in [0, 0.05) is 0 Å². The normalized spacial score (nSPS) is 11.3. The molecular formula is C32H59BO2. The van der Waals surface area contributed by atoms with Crippen molar-refractivity contribution in [1.82, 2.24) is 0 Å². The number of rotatable bonds is 25. The molecule has 0 saturated carbocycles. The van der Waals surface area contributed by atoms with Crippen LogP contribution in [0, 0.1) is 0 Å². The summed E-state index contributed by atoms with van der Waals surface area (Å²) in [5, 5.41) is 19.5. The molecule has 0 saturated heterocycles. The largest absolute Gasteiger partial charge is 0.488 e. The highest BCUT2D eigenvalue weighted by Gasteiger charge is 2.13. The quantitative estimate of drug-likeness (QED) is 0.107. The highest BCUT2D eigenvalue weighted by atomic mass is 16.4. The minimum atomic E-state index is -1.36. The second-order valence-corrected chi connectivity index (χ2v) is 11.0. The van der Waals surface area contributed by atoms with Crippen LogP contribution in [0.3, 0.4) is 0 Å². The van der Waals surface area contributed by atoms with Gasteiger partial charge in [-0.1, -0.05) is 160 Å². The number of hydrogen-bond donors (Lipinski definition) is 2. The highest BCUT2D eigenvalue weighted by molar-refractivity contribution is 6.58. The van der Waals surface area contributed by atoms with Gasteiger partial charge in [0.2, 0.25) is 0 Å². The van der Waals surface area contributed by atoms with E-state index in [1.807, 2.05) is 12.1 Å². The fourth-order valence-electron chi connectivity index (χ4n) is 5.22. The third-order valence-corrected chi connectivity index (χ3v) is 7.51. The molecule has 0 radical (unpaired) electrons. The van der Waals surface area contributed by atoms with Crippen molar-refractivity contribution in [2.75, 3.05) is 0 Å². The summed E-state index contributed by atoms with van der Waals surface area (Å²) in [5.74, 6) is 0. The molecule has 0 fully saturated rings. The smallest absolute Gasteiger partial charge is 0.423 e. The molecule has 0 bridgehead atoms. The van der Waals surface area contributed by atoms with Crippen LogP contribution in [0.25, 0.3) is 0 Å². The molecule has 202 valence electrons. The van der Waals surface area contributed by atoms with Crippen molar-refractivity contribution in [1.29, 1.82) is 0 Å². The molecule has 0 atom stereocenters. The van der Waals surface area contributed by atoms with Crippen LogP contribution in [0.4, 0.5) is 0 Å². The summed E-state index contributed by atoms with van der Waals surface area (Å²) in [6.07, 6.45) is 32.1.